The Kier molecular flexibility index (Phi) is 5.95. The molecule has 0 saturated carbocycles. The van der Waals surface area contributed by atoms with Gasteiger partial charge in [-0.3, -0.25) is 4.90 Å². The van der Waals surface area contributed by atoms with Crippen molar-refractivity contribution in [2.24, 2.45) is 0 Å². The molecule has 0 bridgehead atoms. The Labute approximate surface area is 173 Å². The Bertz CT molecular complexity index is 1070. The number of benzene rings is 4. The second-order valence-corrected chi connectivity index (χ2v) is 7.47. The molecule has 0 radical (unpaired) electrons. The predicted octanol–water partition coefficient (Wildman–Crippen LogP) is 4.61. The molecule has 146 valence electrons. The molecule has 0 atom stereocenters. The summed E-state index contributed by atoms with van der Waals surface area (Å²) in [6.45, 7) is 1.68. The van der Waals surface area contributed by atoms with Crippen LogP contribution in [-0.2, 0) is 22.4 Å². The normalized spacial score (nSPS) is 11.4. The average Bonchev–Trinajstić information content (AvgIpc) is 2.75. The van der Waals surface area contributed by atoms with Crippen LogP contribution in [0.4, 0.5) is 0 Å². The maximum atomic E-state index is 5.50. The van der Waals surface area contributed by atoms with Gasteiger partial charge >= 0.3 is 7.12 Å². The zero-order chi connectivity index (χ0) is 20.2. The first-order chi connectivity index (χ1) is 14.2. The highest BCUT2D eigenvalue weighted by Crippen LogP contribution is 2.29. The Morgan fingerprint density at radius 3 is 1.90 bits per heavy atom. The van der Waals surface area contributed by atoms with Crippen molar-refractivity contribution in [3.63, 3.8) is 0 Å². The highest BCUT2D eigenvalue weighted by molar-refractivity contribution is 6.61. The van der Waals surface area contributed by atoms with Gasteiger partial charge in [0.25, 0.3) is 0 Å². The fourth-order valence-corrected chi connectivity index (χ4v) is 4.15. The lowest BCUT2D eigenvalue weighted by molar-refractivity contribution is 0.290. The average molecular weight is 383 g/mol. The minimum atomic E-state index is -0.349. The van der Waals surface area contributed by atoms with Gasteiger partial charge in [0.2, 0.25) is 0 Å². The van der Waals surface area contributed by atoms with Crippen molar-refractivity contribution in [1.82, 2.24) is 4.90 Å². The molecular weight excluding hydrogens is 357 g/mol. The number of nitrogens with zero attached hydrogens (tertiary/aromatic N) is 1. The second-order valence-electron chi connectivity index (χ2n) is 7.47. The quantitative estimate of drug-likeness (QED) is 0.344. The van der Waals surface area contributed by atoms with Crippen LogP contribution in [0.1, 0.15) is 11.1 Å². The molecule has 0 unspecified atom stereocenters. The van der Waals surface area contributed by atoms with Crippen molar-refractivity contribution in [2.45, 2.75) is 13.1 Å². The number of hydrogen-bond acceptors (Lipinski definition) is 3. The Hall–Kier alpha value is -2.66. The fourth-order valence-electron chi connectivity index (χ4n) is 4.15. The van der Waals surface area contributed by atoms with Crippen molar-refractivity contribution >= 4 is 34.1 Å². The Balaban J connectivity index is 1.69. The molecule has 0 aliphatic carbocycles. The van der Waals surface area contributed by atoms with Crippen LogP contribution in [0.5, 0.6) is 0 Å². The molecule has 0 heterocycles. The van der Waals surface area contributed by atoms with E-state index in [9.17, 15) is 0 Å². The van der Waals surface area contributed by atoms with Gasteiger partial charge in [0.1, 0.15) is 0 Å². The van der Waals surface area contributed by atoms with E-state index in [1.807, 2.05) is 6.07 Å². The van der Waals surface area contributed by atoms with Crippen molar-refractivity contribution in [2.75, 3.05) is 21.3 Å². The molecule has 4 rings (SSSR count). The molecular formula is C25H26BNO2. The molecule has 0 fully saturated rings. The van der Waals surface area contributed by atoms with Crippen LogP contribution in [0.25, 0.3) is 21.5 Å². The van der Waals surface area contributed by atoms with Gasteiger partial charge in [-0.2, -0.15) is 0 Å². The van der Waals surface area contributed by atoms with Gasteiger partial charge in [-0.25, -0.2) is 0 Å². The van der Waals surface area contributed by atoms with Gasteiger partial charge in [0, 0.05) is 27.3 Å². The smallest absolute Gasteiger partial charge is 0.410 e. The summed E-state index contributed by atoms with van der Waals surface area (Å²) < 4.78 is 11.0. The number of hydrogen-bond donors (Lipinski definition) is 0. The summed E-state index contributed by atoms with van der Waals surface area (Å²) in [5.41, 5.74) is 3.66. The van der Waals surface area contributed by atoms with Gasteiger partial charge in [-0.05, 0) is 51.2 Å². The maximum absolute atomic E-state index is 5.50. The maximum Gasteiger partial charge on any atom is 0.493 e. The molecule has 29 heavy (non-hydrogen) atoms. The van der Waals surface area contributed by atoms with Gasteiger partial charge in [0.15, 0.2) is 0 Å². The highest BCUT2D eigenvalue weighted by Gasteiger charge is 2.22. The van der Waals surface area contributed by atoms with Crippen molar-refractivity contribution in [1.29, 1.82) is 0 Å². The van der Waals surface area contributed by atoms with E-state index >= 15 is 0 Å². The van der Waals surface area contributed by atoms with E-state index in [-0.39, 0.29) is 7.12 Å². The van der Waals surface area contributed by atoms with E-state index in [1.165, 1.54) is 32.7 Å². The predicted molar refractivity (Wildman–Crippen MR) is 122 cm³/mol. The standard InChI is InChI=1S/C25H26BNO2/c1-27(17-21-12-6-9-15-25(21)26(28-2)29-3)18-24-22-13-7-4-10-19(22)16-20-11-5-8-14-23(20)24/h4-16H,17-18H2,1-3H3. The highest BCUT2D eigenvalue weighted by atomic mass is 16.6. The van der Waals surface area contributed by atoms with Crippen LogP contribution in [0, 0.1) is 0 Å². The van der Waals surface area contributed by atoms with Crippen molar-refractivity contribution < 1.29 is 9.31 Å². The molecule has 0 amide bonds. The Morgan fingerprint density at radius 1 is 0.724 bits per heavy atom. The Morgan fingerprint density at radius 2 is 1.28 bits per heavy atom. The SMILES string of the molecule is COB(OC)c1ccccc1CN(C)Cc1c2ccccc2cc2ccccc12. The van der Waals surface area contributed by atoms with E-state index < -0.39 is 0 Å². The third-order valence-electron chi connectivity index (χ3n) is 5.49. The van der Waals surface area contributed by atoms with Gasteiger partial charge in [0.05, 0.1) is 0 Å². The zero-order valence-electron chi connectivity index (χ0n) is 17.3. The third kappa shape index (κ3) is 4.06. The molecule has 0 spiro atoms. The van der Waals surface area contributed by atoms with Crippen LogP contribution >= 0.6 is 0 Å². The molecule has 0 aromatic heterocycles. The third-order valence-corrected chi connectivity index (χ3v) is 5.49. The molecule has 0 aliphatic rings. The number of fused-ring (bicyclic) bond motifs is 2. The lowest BCUT2D eigenvalue weighted by atomic mass is 9.76. The van der Waals surface area contributed by atoms with Crippen LogP contribution in [0.3, 0.4) is 0 Å². The van der Waals surface area contributed by atoms with E-state index in [4.69, 9.17) is 9.31 Å². The minimum Gasteiger partial charge on any atom is -0.410 e. The summed E-state index contributed by atoms with van der Waals surface area (Å²) in [6, 6.07) is 27.9. The number of rotatable bonds is 7. The van der Waals surface area contributed by atoms with Gasteiger partial charge < -0.3 is 9.31 Å². The second kappa shape index (κ2) is 8.79. The summed E-state index contributed by atoms with van der Waals surface area (Å²) >= 11 is 0. The van der Waals surface area contributed by atoms with Gasteiger partial charge in [-0.15, -0.1) is 0 Å². The van der Waals surface area contributed by atoms with Crippen molar-refractivity contribution in [3.05, 3.63) is 90.0 Å². The summed E-state index contributed by atoms with van der Waals surface area (Å²) in [5, 5.41) is 5.21. The summed E-state index contributed by atoms with van der Waals surface area (Å²) in [4.78, 5) is 2.36. The molecule has 4 aromatic rings. The summed E-state index contributed by atoms with van der Waals surface area (Å²) in [5.74, 6) is 0. The van der Waals surface area contributed by atoms with Crippen LogP contribution in [0.2, 0.25) is 0 Å². The van der Waals surface area contributed by atoms with E-state index in [1.54, 1.807) is 14.2 Å². The van der Waals surface area contributed by atoms with Crippen LogP contribution in [0.15, 0.2) is 78.9 Å². The van der Waals surface area contributed by atoms with Crippen LogP contribution < -0.4 is 5.46 Å². The lowest BCUT2D eigenvalue weighted by Crippen LogP contribution is -2.38. The van der Waals surface area contributed by atoms with Gasteiger partial charge in [-0.1, -0.05) is 72.8 Å². The fraction of sp³-hybridized carbons (Fsp3) is 0.200. The molecule has 0 saturated heterocycles. The zero-order valence-corrected chi connectivity index (χ0v) is 17.3. The molecule has 4 aromatic carbocycles. The first-order valence-electron chi connectivity index (χ1n) is 9.92. The molecule has 4 heteroatoms. The van der Waals surface area contributed by atoms with Crippen molar-refractivity contribution in [3.8, 4) is 0 Å². The largest absolute Gasteiger partial charge is 0.493 e. The first kappa shape index (κ1) is 19.7. The topological polar surface area (TPSA) is 21.7 Å². The summed E-state index contributed by atoms with van der Waals surface area (Å²) in [7, 11) is 5.17. The van der Waals surface area contributed by atoms with Crippen LogP contribution in [-0.4, -0.2) is 33.3 Å². The molecule has 3 nitrogen and oxygen atoms in total. The van der Waals surface area contributed by atoms with E-state index in [0.29, 0.717) is 0 Å². The minimum absolute atomic E-state index is 0.349. The lowest BCUT2D eigenvalue weighted by Gasteiger charge is -2.22. The first-order valence-corrected chi connectivity index (χ1v) is 9.92. The summed E-state index contributed by atoms with van der Waals surface area (Å²) in [6.07, 6.45) is 0. The molecule has 0 N–H and O–H groups in total. The van der Waals surface area contributed by atoms with E-state index in [2.05, 4.69) is 84.7 Å². The molecule has 0 aliphatic heterocycles. The van der Waals surface area contributed by atoms with E-state index in [0.717, 1.165) is 18.6 Å². The monoisotopic (exact) mass is 383 g/mol.